The Balaban J connectivity index is 1.60. The van der Waals surface area contributed by atoms with Crippen LogP contribution in [0.1, 0.15) is 25.7 Å². The lowest BCUT2D eigenvalue weighted by Crippen LogP contribution is -2.47. The zero-order chi connectivity index (χ0) is 13.6. The smallest absolute Gasteiger partial charge is 0.134 e. The van der Waals surface area contributed by atoms with Crippen molar-refractivity contribution >= 4 is 22.4 Å². The predicted octanol–water partition coefficient (Wildman–Crippen LogP) is 2.58. The Kier molecular flexibility index (Phi) is 2.52. The molecule has 0 amide bonds. The molecule has 1 aliphatic carbocycles. The SMILES string of the molecule is O=C1CC2(CCN(c3ccnc4ccncc34)CC2)C1. The molecule has 2 aliphatic rings. The number of carbonyl (C=O) groups excluding carboxylic acids is 1. The minimum atomic E-state index is 0.328. The summed E-state index contributed by atoms with van der Waals surface area (Å²) >= 11 is 0. The van der Waals surface area contributed by atoms with Crippen LogP contribution in [0.15, 0.2) is 30.7 Å². The molecule has 0 bridgehead atoms. The van der Waals surface area contributed by atoms with Gasteiger partial charge in [-0.05, 0) is 30.4 Å². The molecular formula is C16H17N3O. The molecule has 1 saturated heterocycles. The number of fused-ring (bicyclic) bond motifs is 1. The van der Waals surface area contributed by atoms with Crippen LogP contribution in [0, 0.1) is 5.41 Å². The lowest BCUT2D eigenvalue weighted by molar-refractivity contribution is -0.133. The highest BCUT2D eigenvalue weighted by molar-refractivity contribution is 5.91. The average molecular weight is 267 g/mol. The highest BCUT2D eigenvalue weighted by atomic mass is 16.1. The average Bonchev–Trinajstić information content (AvgIpc) is 2.46. The van der Waals surface area contributed by atoms with Crippen molar-refractivity contribution in [3.05, 3.63) is 30.7 Å². The Bertz CT molecular complexity index is 659. The summed E-state index contributed by atoms with van der Waals surface area (Å²) in [6.45, 7) is 2.06. The normalized spacial score (nSPS) is 21.2. The number of hydrogen-bond donors (Lipinski definition) is 0. The van der Waals surface area contributed by atoms with E-state index in [1.165, 1.54) is 5.69 Å². The lowest BCUT2D eigenvalue weighted by atomic mass is 9.62. The summed E-state index contributed by atoms with van der Waals surface area (Å²) in [6.07, 6.45) is 9.42. The van der Waals surface area contributed by atoms with Gasteiger partial charge in [0.05, 0.1) is 5.52 Å². The highest BCUT2D eigenvalue weighted by Crippen LogP contribution is 2.47. The van der Waals surface area contributed by atoms with Gasteiger partial charge < -0.3 is 4.90 Å². The monoisotopic (exact) mass is 267 g/mol. The van der Waals surface area contributed by atoms with Gasteiger partial charge in [-0.25, -0.2) is 0 Å². The number of rotatable bonds is 1. The quantitative estimate of drug-likeness (QED) is 0.796. The van der Waals surface area contributed by atoms with Crippen molar-refractivity contribution in [1.82, 2.24) is 9.97 Å². The summed E-state index contributed by atoms with van der Waals surface area (Å²) in [7, 11) is 0. The molecule has 0 radical (unpaired) electrons. The summed E-state index contributed by atoms with van der Waals surface area (Å²) in [5, 5.41) is 1.12. The van der Waals surface area contributed by atoms with Crippen LogP contribution in [0.5, 0.6) is 0 Å². The third kappa shape index (κ3) is 1.79. The van der Waals surface area contributed by atoms with E-state index < -0.39 is 0 Å². The van der Waals surface area contributed by atoms with Crippen LogP contribution in [0.2, 0.25) is 0 Å². The zero-order valence-electron chi connectivity index (χ0n) is 11.4. The number of Topliss-reactive ketones (excluding diaryl/α,β-unsaturated/α-hetero) is 1. The van der Waals surface area contributed by atoms with E-state index in [1.807, 2.05) is 18.5 Å². The fraction of sp³-hybridized carbons (Fsp3) is 0.438. The van der Waals surface area contributed by atoms with Gasteiger partial charge in [-0.3, -0.25) is 14.8 Å². The van der Waals surface area contributed by atoms with E-state index in [0.29, 0.717) is 11.2 Å². The predicted molar refractivity (Wildman–Crippen MR) is 77.7 cm³/mol. The number of pyridine rings is 2. The maximum absolute atomic E-state index is 11.3. The molecule has 4 heteroatoms. The van der Waals surface area contributed by atoms with Crippen molar-refractivity contribution in [2.45, 2.75) is 25.7 Å². The zero-order valence-corrected chi connectivity index (χ0v) is 11.4. The van der Waals surface area contributed by atoms with Gasteiger partial charge in [0.25, 0.3) is 0 Å². The van der Waals surface area contributed by atoms with E-state index in [2.05, 4.69) is 20.9 Å². The molecule has 3 heterocycles. The number of aromatic nitrogens is 2. The summed E-state index contributed by atoms with van der Waals surface area (Å²) in [4.78, 5) is 22.3. The van der Waals surface area contributed by atoms with E-state index >= 15 is 0 Å². The molecule has 1 spiro atoms. The summed E-state index contributed by atoms with van der Waals surface area (Å²) in [6, 6.07) is 4.03. The van der Waals surface area contributed by atoms with Crippen LogP contribution in [0.4, 0.5) is 5.69 Å². The molecule has 20 heavy (non-hydrogen) atoms. The van der Waals surface area contributed by atoms with Crippen LogP contribution < -0.4 is 4.90 Å². The second-order valence-electron chi connectivity index (χ2n) is 6.10. The molecule has 2 fully saturated rings. The van der Waals surface area contributed by atoms with Gasteiger partial charge in [0.2, 0.25) is 0 Å². The summed E-state index contributed by atoms with van der Waals surface area (Å²) in [5.74, 6) is 0.442. The van der Waals surface area contributed by atoms with Crippen LogP contribution in [-0.2, 0) is 4.79 Å². The van der Waals surface area contributed by atoms with Crippen LogP contribution in [0.25, 0.3) is 10.9 Å². The fourth-order valence-corrected chi connectivity index (χ4v) is 3.61. The molecule has 1 aliphatic heterocycles. The molecule has 0 atom stereocenters. The molecular weight excluding hydrogens is 250 g/mol. The first kappa shape index (κ1) is 11.8. The van der Waals surface area contributed by atoms with Crippen molar-refractivity contribution in [3.63, 3.8) is 0 Å². The number of anilines is 1. The summed E-state index contributed by atoms with van der Waals surface area (Å²) in [5.41, 5.74) is 2.55. The van der Waals surface area contributed by atoms with Crippen molar-refractivity contribution < 1.29 is 4.79 Å². The Morgan fingerprint density at radius 1 is 1.10 bits per heavy atom. The Hall–Kier alpha value is -1.97. The lowest BCUT2D eigenvalue weighted by Gasteiger charge is -2.47. The van der Waals surface area contributed by atoms with Crippen LogP contribution >= 0.6 is 0 Å². The molecule has 102 valence electrons. The number of carbonyl (C=O) groups is 1. The topological polar surface area (TPSA) is 46.1 Å². The maximum atomic E-state index is 11.3. The molecule has 4 rings (SSSR count). The van der Waals surface area contributed by atoms with Gasteiger partial charge in [0, 0.05) is 55.6 Å². The number of piperidine rings is 1. The molecule has 2 aromatic heterocycles. The Morgan fingerprint density at radius 2 is 1.90 bits per heavy atom. The third-order valence-corrected chi connectivity index (χ3v) is 4.83. The fourth-order valence-electron chi connectivity index (χ4n) is 3.61. The Morgan fingerprint density at radius 3 is 2.65 bits per heavy atom. The van der Waals surface area contributed by atoms with Crippen LogP contribution in [0.3, 0.4) is 0 Å². The molecule has 0 unspecified atom stereocenters. The first-order valence-corrected chi connectivity index (χ1v) is 7.21. The number of ketones is 1. The maximum Gasteiger partial charge on any atom is 0.134 e. The van der Waals surface area contributed by atoms with Gasteiger partial charge >= 0.3 is 0 Å². The van der Waals surface area contributed by atoms with Gasteiger partial charge in [-0.15, -0.1) is 0 Å². The second kappa shape index (κ2) is 4.27. The van der Waals surface area contributed by atoms with Gasteiger partial charge in [0.1, 0.15) is 5.78 Å². The first-order chi connectivity index (χ1) is 9.76. The van der Waals surface area contributed by atoms with Crippen molar-refractivity contribution in [2.75, 3.05) is 18.0 Å². The van der Waals surface area contributed by atoms with E-state index in [9.17, 15) is 4.79 Å². The standard InChI is InChI=1S/C16H17N3O/c20-12-9-16(10-12)3-7-19(8-4-16)15-2-6-18-14-1-5-17-11-13(14)15/h1-2,5-6,11H,3-4,7-10H2. The van der Waals surface area contributed by atoms with Crippen molar-refractivity contribution in [2.24, 2.45) is 5.41 Å². The van der Waals surface area contributed by atoms with Gasteiger partial charge in [0.15, 0.2) is 0 Å². The van der Waals surface area contributed by atoms with E-state index in [1.54, 1.807) is 6.20 Å². The van der Waals surface area contributed by atoms with Crippen molar-refractivity contribution in [1.29, 1.82) is 0 Å². The minimum Gasteiger partial charge on any atom is -0.371 e. The summed E-state index contributed by atoms with van der Waals surface area (Å²) < 4.78 is 0. The minimum absolute atomic E-state index is 0.328. The largest absolute Gasteiger partial charge is 0.371 e. The molecule has 1 saturated carbocycles. The van der Waals surface area contributed by atoms with E-state index in [-0.39, 0.29) is 0 Å². The van der Waals surface area contributed by atoms with Crippen LogP contribution in [-0.4, -0.2) is 28.8 Å². The first-order valence-electron chi connectivity index (χ1n) is 7.21. The number of nitrogens with zero attached hydrogens (tertiary/aromatic N) is 3. The highest BCUT2D eigenvalue weighted by Gasteiger charge is 2.45. The molecule has 0 N–H and O–H groups in total. The Labute approximate surface area is 117 Å². The van der Waals surface area contributed by atoms with Gasteiger partial charge in [-0.2, -0.15) is 0 Å². The van der Waals surface area contributed by atoms with E-state index in [0.717, 1.165) is 49.7 Å². The molecule has 4 nitrogen and oxygen atoms in total. The molecule has 2 aromatic rings. The number of hydrogen-bond acceptors (Lipinski definition) is 4. The van der Waals surface area contributed by atoms with Gasteiger partial charge in [-0.1, -0.05) is 0 Å². The second-order valence-corrected chi connectivity index (χ2v) is 6.10. The third-order valence-electron chi connectivity index (χ3n) is 4.83. The van der Waals surface area contributed by atoms with E-state index in [4.69, 9.17) is 0 Å². The van der Waals surface area contributed by atoms with Crippen molar-refractivity contribution in [3.8, 4) is 0 Å². The molecule has 0 aromatic carbocycles.